The predicted octanol–water partition coefficient (Wildman–Crippen LogP) is 4.53. The molecule has 1 N–H and O–H groups in total. The van der Waals surface area contributed by atoms with Crippen molar-refractivity contribution >= 4 is 27.5 Å². The van der Waals surface area contributed by atoms with Gasteiger partial charge in [0.25, 0.3) is 10.0 Å². The van der Waals surface area contributed by atoms with Crippen LogP contribution in [0.2, 0.25) is 0 Å². The first-order valence-electron chi connectivity index (χ1n) is 12.9. The van der Waals surface area contributed by atoms with Gasteiger partial charge in [-0.1, -0.05) is 49.4 Å². The molecule has 3 rings (SSSR count). The number of aryl methyl sites for hydroxylation is 1. The molecule has 208 valence electrons. The van der Waals surface area contributed by atoms with Crippen LogP contribution < -0.4 is 14.4 Å². The number of carbonyl (C=O) groups is 2. The summed E-state index contributed by atoms with van der Waals surface area (Å²) in [4.78, 5) is 28.7. The molecule has 0 fully saturated rings. The van der Waals surface area contributed by atoms with E-state index in [0.29, 0.717) is 17.9 Å². The summed E-state index contributed by atoms with van der Waals surface area (Å²) < 4.78 is 34.0. The number of anilines is 1. The van der Waals surface area contributed by atoms with Gasteiger partial charge in [-0.15, -0.1) is 0 Å². The Morgan fingerprint density at radius 1 is 0.923 bits per heavy atom. The molecule has 2 amide bonds. The summed E-state index contributed by atoms with van der Waals surface area (Å²) in [5, 5.41) is 2.90. The standard InChI is InChI=1S/C30H37N3O5S/c1-6-28(30(35)31-22(2)3)32(20-24-13-11-10-12-23(24)4)29(34)21-33(25-14-8-7-9-15-25)39(36,37)27-18-16-26(38-5)17-19-27/h7-19,22,28H,6,20-21H2,1-5H3,(H,31,35). The second-order valence-corrected chi connectivity index (χ2v) is 11.4. The molecule has 1 atom stereocenters. The van der Waals surface area contributed by atoms with Crippen molar-refractivity contribution in [2.45, 2.75) is 57.6 Å². The fourth-order valence-corrected chi connectivity index (χ4v) is 5.68. The summed E-state index contributed by atoms with van der Waals surface area (Å²) in [6.07, 6.45) is 0.368. The van der Waals surface area contributed by atoms with E-state index in [9.17, 15) is 18.0 Å². The third-order valence-electron chi connectivity index (χ3n) is 6.39. The normalized spacial score (nSPS) is 12.1. The van der Waals surface area contributed by atoms with Crippen LogP contribution in [0.15, 0.2) is 83.8 Å². The monoisotopic (exact) mass is 551 g/mol. The lowest BCUT2D eigenvalue weighted by atomic mass is 10.1. The third kappa shape index (κ3) is 7.38. The largest absolute Gasteiger partial charge is 0.497 e. The van der Waals surface area contributed by atoms with Crippen molar-refractivity contribution in [3.05, 3.63) is 90.0 Å². The Kier molecular flexibility index (Phi) is 10.1. The van der Waals surface area contributed by atoms with Crippen molar-refractivity contribution in [3.8, 4) is 5.75 Å². The third-order valence-corrected chi connectivity index (χ3v) is 8.18. The van der Waals surface area contributed by atoms with Crippen molar-refractivity contribution < 1.29 is 22.7 Å². The van der Waals surface area contributed by atoms with Gasteiger partial charge >= 0.3 is 0 Å². The van der Waals surface area contributed by atoms with Crippen LogP contribution in [-0.2, 0) is 26.2 Å². The predicted molar refractivity (Wildman–Crippen MR) is 153 cm³/mol. The van der Waals surface area contributed by atoms with E-state index in [4.69, 9.17) is 4.74 Å². The number of nitrogens with one attached hydrogen (secondary N) is 1. The van der Waals surface area contributed by atoms with Gasteiger partial charge in [-0.3, -0.25) is 13.9 Å². The van der Waals surface area contributed by atoms with Crippen molar-refractivity contribution in [3.63, 3.8) is 0 Å². The number of nitrogens with zero attached hydrogens (tertiary/aromatic N) is 2. The summed E-state index contributed by atoms with van der Waals surface area (Å²) in [6, 6.07) is 21.3. The van der Waals surface area contributed by atoms with E-state index in [1.807, 2.05) is 52.0 Å². The molecular weight excluding hydrogens is 514 g/mol. The van der Waals surface area contributed by atoms with Gasteiger partial charge in [-0.2, -0.15) is 0 Å². The number of hydrogen-bond donors (Lipinski definition) is 1. The number of hydrogen-bond acceptors (Lipinski definition) is 5. The van der Waals surface area contributed by atoms with Crippen molar-refractivity contribution in [2.24, 2.45) is 0 Å². The van der Waals surface area contributed by atoms with Gasteiger partial charge in [0, 0.05) is 12.6 Å². The van der Waals surface area contributed by atoms with Crippen molar-refractivity contribution in [1.82, 2.24) is 10.2 Å². The minimum atomic E-state index is -4.13. The summed E-state index contributed by atoms with van der Waals surface area (Å²) in [5.74, 6) is -0.244. The van der Waals surface area contributed by atoms with Crippen LogP contribution in [-0.4, -0.2) is 50.9 Å². The second kappa shape index (κ2) is 13.3. The number of amides is 2. The lowest BCUT2D eigenvalue weighted by Gasteiger charge is -2.34. The zero-order chi connectivity index (χ0) is 28.6. The first-order valence-corrected chi connectivity index (χ1v) is 14.4. The Hall–Kier alpha value is -3.85. The van der Waals surface area contributed by atoms with Gasteiger partial charge in [-0.05, 0) is 74.7 Å². The molecule has 9 heteroatoms. The minimum absolute atomic E-state index is 0.0231. The topological polar surface area (TPSA) is 96.0 Å². The molecule has 3 aromatic rings. The lowest BCUT2D eigenvalue weighted by molar-refractivity contribution is -0.140. The van der Waals surface area contributed by atoms with Gasteiger partial charge < -0.3 is 15.0 Å². The maximum absolute atomic E-state index is 14.0. The molecule has 0 aromatic heterocycles. The number of rotatable bonds is 12. The van der Waals surface area contributed by atoms with Gasteiger partial charge in [0.15, 0.2) is 0 Å². The quantitative estimate of drug-likeness (QED) is 0.357. The Bertz CT molecular complexity index is 1360. The SMILES string of the molecule is CCC(C(=O)NC(C)C)N(Cc1ccccc1C)C(=O)CN(c1ccccc1)S(=O)(=O)c1ccc(OC)cc1. The highest BCUT2D eigenvalue weighted by atomic mass is 32.2. The molecule has 39 heavy (non-hydrogen) atoms. The van der Waals surface area contributed by atoms with Crippen LogP contribution in [0.25, 0.3) is 0 Å². The molecule has 0 radical (unpaired) electrons. The maximum Gasteiger partial charge on any atom is 0.264 e. The fraction of sp³-hybridized carbons (Fsp3) is 0.333. The highest BCUT2D eigenvalue weighted by Gasteiger charge is 2.34. The molecule has 0 aliphatic carbocycles. The van der Waals surface area contributed by atoms with Crippen molar-refractivity contribution in [2.75, 3.05) is 18.0 Å². The van der Waals surface area contributed by atoms with Crippen LogP contribution in [0.3, 0.4) is 0 Å². The average Bonchev–Trinajstić information content (AvgIpc) is 2.92. The van der Waals surface area contributed by atoms with Gasteiger partial charge in [-0.25, -0.2) is 8.42 Å². The van der Waals surface area contributed by atoms with Crippen LogP contribution in [0, 0.1) is 6.92 Å². The van der Waals surface area contributed by atoms with Crippen LogP contribution in [0.5, 0.6) is 5.75 Å². The zero-order valence-corrected chi connectivity index (χ0v) is 23.9. The van der Waals surface area contributed by atoms with E-state index in [2.05, 4.69) is 5.32 Å². The number of para-hydroxylation sites is 1. The molecule has 0 heterocycles. The van der Waals surface area contributed by atoms with E-state index in [1.54, 1.807) is 42.5 Å². The zero-order valence-electron chi connectivity index (χ0n) is 23.1. The smallest absolute Gasteiger partial charge is 0.264 e. The van der Waals surface area contributed by atoms with Crippen LogP contribution in [0.1, 0.15) is 38.3 Å². The maximum atomic E-state index is 14.0. The summed E-state index contributed by atoms with van der Waals surface area (Å²) in [5.41, 5.74) is 2.20. The van der Waals surface area contributed by atoms with Crippen molar-refractivity contribution in [1.29, 1.82) is 0 Å². The number of ether oxygens (including phenoxy) is 1. The number of sulfonamides is 1. The minimum Gasteiger partial charge on any atom is -0.497 e. The molecule has 0 aliphatic rings. The highest BCUT2D eigenvalue weighted by molar-refractivity contribution is 7.92. The highest BCUT2D eigenvalue weighted by Crippen LogP contribution is 2.26. The van der Waals surface area contributed by atoms with E-state index >= 15 is 0 Å². The van der Waals surface area contributed by atoms with Crippen LogP contribution in [0.4, 0.5) is 5.69 Å². The Labute approximate surface area is 231 Å². The molecule has 0 bridgehead atoms. The average molecular weight is 552 g/mol. The molecule has 8 nitrogen and oxygen atoms in total. The van der Waals surface area contributed by atoms with E-state index in [0.717, 1.165) is 15.4 Å². The van der Waals surface area contributed by atoms with E-state index < -0.39 is 28.5 Å². The summed E-state index contributed by atoms with van der Waals surface area (Å²) in [6.45, 7) is 7.19. The molecule has 1 unspecified atom stereocenters. The Morgan fingerprint density at radius 2 is 1.54 bits per heavy atom. The number of carbonyl (C=O) groups excluding carboxylic acids is 2. The number of methoxy groups -OCH3 is 1. The van der Waals surface area contributed by atoms with Gasteiger partial charge in [0.1, 0.15) is 18.3 Å². The lowest BCUT2D eigenvalue weighted by Crippen LogP contribution is -2.53. The fourth-order valence-electron chi connectivity index (χ4n) is 4.27. The summed E-state index contributed by atoms with van der Waals surface area (Å²) >= 11 is 0. The molecule has 0 aliphatic heterocycles. The van der Waals surface area contributed by atoms with Gasteiger partial charge in [0.2, 0.25) is 11.8 Å². The molecule has 0 saturated heterocycles. The summed E-state index contributed by atoms with van der Waals surface area (Å²) in [7, 11) is -2.63. The molecule has 0 spiro atoms. The first-order chi connectivity index (χ1) is 18.6. The number of benzene rings is 3. The molecule has 3 aromatic carbocycles. The Balaban J connectivity index is 2.05. The van der Waals surface area contributed by atoms with E-state index in [-0.39, 0.29) is 23.4 Å². The van der Waals surface area contributed by atoms with E-state index in [1.165, 1.54) is 24.1 Å². The Morgan fingerprint density at radius 3 is 2.10 bits per heavy atom. The second-order valence-electron chi connectivity index (χ2n) is 9.56. The first kappa shape index (κ1) is 29.7. The van der Waals surface area contributed by atoms with Crippen LogP contribution >= 0.6 is 0 Å². The molecular formula is C30H37N3O5S. The van der Waals surface area contributed by atoms with Gasteiger partial charge in [0.05, 0.1) is 17.7 Å². The molecule has 0 saturated carbocycles.